The van der Waals surface area contributed by atoms with Crippen molar-refractivity contribution in [1.29, 1.82) is 0 Å². The molecule has 0 radical (unpaired) electrons. The highest BCUT2D eigenvalue weighted by molar-refractivity contribution is 5.95. The quantitative estimate of drug-likeness (QED) is 0.783. The molecule has 1 atom stereocenters. The van der Waals surface area contributed by atoms with Crippen LogP contribution in [0.25, 0.3) is 0 Å². The van der Waals surface area contributed by atoms with Crippen LogP contribution in [0.3, 0.4) is 0 Å². The Morgan fingerprint density at radius 3 is 3.00 bits per heavy atom. The van der Waals surface area contributed by atoms with Crippen LogP contribution >= 0.6 is 0 Å². The number of ether oxygens (including phenoxy) is 1. The highest BCUT2D eigenvalue weighted by Crippen LogP contribution is 2.21. The van der Waals surface area contributed by atoms with E-state index in [1.165, 1.54) is 13.4 Å². The van der Waals surface area contributed by atoms with Crippen LogP contribution in [0.2, 0.25) is 0 Å². The number of hydrogen-bond acceptors (Lipinski definition) is 4. The molecule has 19 heavy (non-hydrogen) atoms. The number of aryl methyl sites for hydroxylation is 1. The second-order valence-corrected chi connectivity index (χ2v) is 4.72. The normalized spacial score (nSPS) is 19.3. The molecule has 2 rings (SSSR count). The van der Waals surface area contributed by atoms with Gasteiger partial charge in [-0.1, -0.05) is 6.92 Å². The number of carbonyl (C=O) groups is 2. The summed E-state index contributed by atoms with van der Waals surface area (Å²) in [6, 6.07) is 1.70. The van der Waals surface area contributed by atoms with Crippen molar-refractivity contribution >= 4 is 11.9 Å². The van der Waals surface area contributed by atoms with Crippen LogP contribution < -0.4 is 0 Å². The van der Waals surface area contributed by atoms with Gasteiger partial charge in [-0.25, -0.2) is 0 Å². The third-order valence-corrected chi connectivity index (χ3v) is 3.54. The Balaban J connectivity index is 2.09. The minimum atomic E-state index is -0.236. The fourth-order valence-corrected chi connectivity index (χ4v) is 2.50. The third kappa shape index (κ3) is 2.80. The van der Waals surface area contributed by atoms with Crippen LogP contribution in [0.4, 0.5) is 0 Å². The Labute approximate surface area is 112 Å². The molecule has 104 valence electrons. The predicted molar refractivity (Wildman–Crippen MR) is 68.7 cm³/mol. The van der Waals surface area contributed by atoms with Crippen molar-refractivity contribution in [3.8, 4) is 0 Å². The van der Waals surface area contributed by atoms with Gasteiger partial charge >= 0.3 is 5.97 Å². The lowest BCUT2D eigenvalue weighted by Gasteiger charge is -2.31. The Bertz CT molecular complexity index is 466. The van der Waals surface area contributed by atoms with Crippen LogP contribution in [0.15, 0.2) is 16.7 Å². The number of rotatable bonds is 3. The zero-order valence-corrected chi connectivity index (χ0v) is 11.3. The van der Waals surface area contributed by atoms with E-state index >= 15 is 0 Å². The minimum Gasteiger partial charge on any atom is -0.469 e. The lowest BCUT2D eigenvalue weighted by Crippen LogP contribution is -2.42. The fourth-order valence-electron chi connectivity index (χ4n) is 2.50. The average Bonchev–Trinajstić information content (AvgIpc) is 2.94. The molecule has 5 heteroatoms. The SMILES string of the molecule is CCc1occc1C(=O)N1CCCC(C(=O)OC)C1. The lowest BCUT2D eigenvalue weighted by atomic mass is 9.97. The van der Waals surface area contributed by atoms with Crippen molar-refractivity contribution in [2.45, 2.75) is 26.2 Å². The zero-order chi connectivity index (χ0) is 13.8. The van der Waals surface area contributed by atoms with Crippen LogP contribution in [0.5, 0.6) is 0 Å². The second kappa shape index (κ2) is 5.91. The number of amides is 1. The lowest BCUT2D eigenvalue weighted by molar-refractivity contribution is -0.146. The summed E-state index contributed by atoms with van der Waals surface area (Å²) in [5.41, 5.74) is 0.605. The van der Waals surface area contributed by atoms with E-state index in [2.05, 4.69) is 0 Å². The molecule has 0 N–H and O–H groups in total. The molecule has 0 aromatic carbocycles. The van der Waals surface area contributed by atoms with Crippen molar-refractivity contribution in [2.24, 2.45) is 5.92 Å². The first-order valence-electron chi connectivity index (χ1n) is 6.60. The maximum Gasteiger partial charge on any atom is 0.310 e. The standard InChI is InChI=1S/C14H19NO4/c1-3-12-11(6-8-19-12)13(16)15-7-4-5-10(9-15)14(17)18-2/h6,8,10H,3-5,7,9H2,1-2H3. The summed E-state index contributed by atoms with van der Waals surface area (Å²) < 4.78 is 10.0. The molecule has 1 aromatic heterocycles. The van der Waals surface area contributed by atoms with Crippen molar-refractivity contribution in [3.05, 3.63) is 23.7 Å². The first-order valence-corrected chi connectivity index (χ1v) is 6.60. The Kier molecular flexibility index (Phi) is 4.24. The maximum absolute atomic E-state index is 12.4. The highest BCUT2D eigenvalue weighted by Gasteiger charge is 2.30. The summed E-state index contributed by atoms with van der Waals surface area (Å²) in [7, 11) is 1.38. The predicted octanol–water partition coefficient (Wildman–Crippen LogP) is 1.87. The summed E-state index contributed by atoms with van der Waals surface area (Å²) >= 11 is 0. The van der Waals surface area contributed by atoms with E-state index < -0.39 is 0 Å². The highest BCUT2D eigenvalue weighted by atomic mass is 16.5. The van der Waals surface area contributed by atoms with Gasteiger partial charge in [0.1, 0.15) is 5.76 Å². The number of hydrogen-bond donors (Lipinski definition) is 0. The molecule has 0 aliphatic carbocycles. The van der Waals surface area contributed by atoms with Gasteiger partial charge in [0.15, 0.2) is 0 Å². The van der Waals surface area contributed by atoms with Gasteiger partial charge in [0.25, 0.3) is 5.91 Å². The minimum absolute atomic E-state index is 0.0563. The summed E-state index contributed by atoms with van der Waals surface area (Å²) in [6.45, 7) is 3.06. The molecule has 1 amide bonds. The first-order chi connectivity index (χ1) is 9.17. The summed E-state index contributed by atoms with van der Waals surface area (Å²) in [5.74, 6) is 0.199. The molecular weight excluding hydrogens is 246 g/mol. The Morgan fingerprint density at radius 1 is 1.53 bits per heavy atom. The van der Waals surface area contributed by atoms with Gasteiger partial charge in [0.05, 0.1) is 24.9 Å². The summed E-state index contributed by atoms with van der Waals surface area (Å²) in [4.78, 5) is 25.7. The number of piperidine rings is 1. The molecule has 5 nitrogen and oxygen atoms in total. The molecule has 0 bridgehead atoms. The van der Waals surface area contributed by atoms with Crippen molar-refractivity contribution in [3.63, 3.8) is 0 Å². The first kappa shape index (κ1) is 13.6. The fraction of sp³-hybridized carbons (Fsp3) is 0.571. The van der Waals surface area contributed by atoms with E-state index in [-0.39, 0.29) is 17.8 Å². The summed E-state index contributed by atoms with van der Waals surface area (Å²) in [5, 5.41) is 0. The molecule has 1 aliphatic rings. The topological polar surface area (TPSA) is 59.8 Å². The molecule has 0 saturated carbocycles. The van der Waals surface area contributed by atoms with Crippen LogP contribution in [-0.2, 0) is 16.0 Å². The smallest absolute Gasteiger partial charge is 0.310 e. The van der Waals surface area contributed by atoms with Crippen LogP contribution in [-0.4, -0.2) is 37.0 Å². The van der Waals surface area contributed by atoms with E-state index in [1.807, 2.05) is 6.92 Å². The van der Waals surface area contributed by atoms with Gasteiger partial charge in [0, 0.05) is 19.5 Å². The van der Waals surface area contributed by atoms with Gasteiger partial charge < -0.3 is 14.1 Å². The van der Waals surface area contributed by atoms with Crippen molar-refractivity contribution in [1.82, 2.24) is 4.90 Å². The van der Waals surface area contributed by atoms with E-state index in [1.54, 1.807) is 11.0 Å². The van der Waals surface area contributed by atoms with Crippen molar-refractivity contribution in [2.75, 3.05) is 20.2 Å². The van der Waals surface area contributed by atoms with Crippen LogP contribution in [0, 0.1) is 5.92 Å². The number of methoxy groups -OCH3 is 1. The Hall–Kier alpha value is -1.78. The van der Waals surface area contributed by atoms with Gasteiger partial charge in [-0.2, -0.15) is 0 Å². The molecular formula is C14H19NO4. The zero-order valence-electron chi connectivity index (χ0n) is 11.3. The van der Waals surface area contributed by atoms with Gasteiger partial charge in [-0.15, -0.1) is 0 Å². The van der Waals surface area contributed by atoms with E-state index in [9.17, 15) is 9.59 Å². The molecule has 0 spiro atoms. The van der Waals surface area contributed by atoms with E-state index in [0.29, 0.717) is 30.8 Å². The molecule has 2 heterocycles. The van der Waals surface area contributed by atoms with Gasteiger partial charge in [0.2, 0.25) is 0 Å². The van der Waals surface area contributed by atoms with Gasteiger partial charge in [-0.3, -0.25) is 9.59 Å². The molecule has 1 aliphatic heterocycles. The Morgan fingerprint density at radius 2 is 2.32 bits per heavy atom. The largest absolute Gasteiger partial charge is 0.469 e. The molecule has 1 saturated heterocycles. The number of furan rings is 1. The number of nitrogens with zero attached hydrogens (tertiary/aromatic N) is 1. The van der Waals surface area contributed by atoms with Crippen LogP contribution in [0.1, 0.15) is 35.9 Å². The monoisotopic (exact) mass is 265 g/mol. The average molecular weight is 265 g/mol. The number of carbonyl (C=O) groups excluding carboxylic acids is 2. The molecule has 1 aromatic rings. The van der Waals surface area contributed by atoms with E-state index in [0.717, 1.165) is 12.8 Å². The third-order valence-electron chi connectivity index (χ3n) is 3.54. The molecule has 1 unspecified atom stereocenters. The molecule has 1 fully saturated rings. The van der Waals surface area contributed by atoms with Gasteiger partial charge in [-0.05, 0) is 18.9 Å². The van der Waals surface area contributed by atoms with Crippen molar-refractivity contribution < 1.29 is 18.7 Å². The number of esters is 1. The summed E-state index contributed by atoms with van der Waals surface area (Å²) in [6.07, 6.45) is 3.82. The second-order valence-electron chi connectivity index (χ2n) is 4.72. The number of likely N-dealkylation sites (tertiary alicyclic amines) is 1. The van der Waals surface area contributed by atoms with E-state index in [4.69, 9.17) is 9.15 Å². The maximum atomic E-state index is 12.4.